The first-order chi connectivity index (χ1) is 9.58. The monoisotopic (exact) mass is 280 g/mol. The lowest BCUT2D eigenvalue weighted by Crippen LogP contribution is -2.49. The number of amides is 1. The van der Waals surface area contributed by atoms with Crippen LogP contribution in [0.2, 0.25) is 0 Å². The SMILES string of the molecule is C[C@H](NC(=O)[C@@H]1[C@@H]2CC[C@@H](C2)[C@@H]1C(=O)[O-])[C@H]1CCCO1. The van der Waals surface area contributed by atoms with E-state index in [1.807, 2.05) is 6.92 Å². The molecule has 5 nitrogen and oxygen atoms in total. The highest BCUT2D eigenvalue weighted by Gasteiger charge is 2.51. The van der Waals surface area contributed by atoms with E-state index < -0.39 is 17.8 Å². The molecule has 20 heavy (non-hydrogen) atoms. The third-order valence-electron chi connectivity index (χ3n) is 5.38. The predicted octanol–water partition coefficient (Wildman–Crippen LogP) is 0.0823. The van der Waals surface area contributed by atoms with Gasteiger partial charge in [-0.05, 0) is 50.9 Å². The van der Waals surface area contributed by atoms with Crippen LogP contribution >= 0.6 is 0 Å². The van der Waals surface area contributed by atoms with Crippen LogP contribution in [-0.2, 0) is 14.3 Å². The molecule has 1 amide bonds. The first-order valence-electron chi connectivity index (χ1n) is 7.70. The van der Waals surface area contributed by atoms with Gasteiger partial charge in [-0.2, -0.15) is 0 Å². The van der Waals surface area contributed by atoms with E-state index in [1.54, 1.807) is 0 Å². The fourth-order valence-corrected chi connectivity index (χ4v) is 4.42. The van der Waals surface area contributed by atoms with Crippen molar-refractivity contribution in [2.75, 3.05) is 6.61 Å². The maximum atomic E-state index is 12.5. The molecule has 3 fully saturated rings. The van der Waals surface area contributed by atoms with E-state index in [-0.39, 0.29) is 29.9 Å². The van der Waals surface area contributed by atoms with E-state index in [0.29, 0.717) is 0 Å². The number of carboxylic acid groups (broad SMARTS) is 1. The van der Waals surface area contributed by atoms with Gasteiger partial charge in [0.05, 0.1) is 12.1 Å². The highest BCUT2D eigenvalue weighted by Crippen LogP contribution is 2.52. The second-order valence-corrected chi connectivity index (χ2v) is 6.55. The number of carboxylic acids is 1. The van der Waals surface area contributed by atoms with Gasteiger partial charge in [-0.25, -0.2) is 0 Å². The number of hydrogen-bond acceptors (Lipinski definition) is 4. The number of hydrogen-bond donors (Lipinski definition) is 1. The van der Waals surface area contributed by atoms with E-state index in [2.05, 4.69) is 5.32 Å². The van der Waals surface area contributed by atoms with Crippen molar-refractivity contribution in [2.45, 2.75) is 51.2 Å². The van der Waals surface area contributed by atoms with Crippen LogP contribution in [-0.4, -0.2) is 30.6 Å². The molecule has 0 aromatic heterocycles. The van der Waals surface area contributed by atoms with Gasteiger partial charge in [-0.3, -0.25) is 4.79 Å². The van der Waals surface area contributed by atoms with Crippen molar-refractivity contribution in [1.82, 2.24) is 5.32 Å². The molecule has 2 bridgehead atoms. The van der Waals surface area contributed by atoms with Gasteiger partial charge < -0.3 is 20.0 Å². The van der Waals surface area contributed by atoms with Crippen LogP contribution in [0.25, 0.3) is 0 Å². The largest absolute Gasteiger partial charge is 0.550 e. The van der Waals surface area contributed by atoms with Gasteiger partial charge in [0, 0.05) is 24.4 Å². The van der Waals surface area contributed by atoms with Crippen LogP contribution < -0.4 is 10.4 Å². The third-order valence-corrected chi connectivity index (χ3v) is 5.38. The van der Waals surface area contributed by atoms with E-state index >= 15 is 0 Å². The summed E-state index contributed by atoms with van der Waals surface area (Å²) in [7, 11) is 0. The highest BCUT2D eigenvalue weighted by atomic mass is 16.5. The minimum atomic E-state index is -1.05. The molecule has 3 aliphatic rings. The first kappa shape index (κ1) is 13.9. The molecule has 3 rings (SSSR count). The number of nitrogens with one attached hydrogen (secondary N) is 1. The lowest BCUT2D eigenvalue weighted by Gasteiger charge is -2.32. The molecule has 0 spiro atoms. The highest BCUT2D eigenvalue weighted by molar-refractivity contribution is 5.85. The van der Waals surface area contributed by atoms with Crippen LogP contribution in [0.15, 0.2) is 0 Å². The molecule has 1 heterocycles. The van der Waals surface area contributed by atoms with Gasteiger partial charge in [0.25, 0.3) is 0 Å². The lowest BCUT2D eigenvalue weighted by molar-refractivity contribution is -0.314. The van der Waals surface area contributed by atoms with Crippen molar-refractivity contribution in [1.29, 1.82) is 0 Å². The van der Waals surface area contributed by atoms with Gasteiger partial charge >= 0.3 is 0 Å². The van der Waals surface area contributed by atoms with Crippen LogP contribution in [0.4, 0.5) is 0 Å². The summed E-state index contributed by atoms with van der Waals surface area (Å²) in [5, 5.41) is 14.3. The summed E-state index contributed by atoms with van der Waals surface area (Å²) >= 11 is 0. The minimum Gasteiger partial charge on any atom is -0.550 e. The van der Waals surface area contributed by atoms with Crippen molar-refractivity contribution in [3.8, 4) is 0 Å². The van der Waals surface area contributed by atoms with Crippen LogP contribution in [0.5, 0.6) is 0 Å². The fourth-order valence-electron chi connectivity index (χ4n) is 4.42. The summed E-state index contributed by atoms with van der Waals surface area (Å²) in [5.74, 6) is -1.80. The maximum absolute atomic E-state index is 12.5. The van der Waals surface area contributed by atoms with Crippen LogP contribution in [0.1, 0.15) is 39.0 Å². The van der Waals surface area contributed by atoms with Crippen LogP contribution in [0, 0.1) is 23.7 Å². The molecule has 2 saturated carbocycles. The molecule has 6 atom stereocenters. The fraction of sp³-hybridized carbons (Fsp3) is 0.867. The molecular weight excluding hydrogens is 258 g/mol. The predicted molar refractivity (Wildman–Crippen MR) is 69.4 cm³/mol. The summed E-state index contributed by atoms with van der Waals surface area (Å²) in [6.07, 6.45) is 4.82. The van der Waals surface area contributed by atoms with Gasteiger partial charge in [0.2, 0.25) is 5.91 Å². The van der Waals surface area contributed by atoms with E-state index in [4.69, 9.17) is 4.74 Å². The van der Waals surface area contributed by atoms with Gasteiger partial charge in [-0.15, -0.1) is 0 Å². The standard InChI is InChI=1S/C15H23NO4/c1-8(11-3-2-6-20-11)16-14(17)12-9-4-5-10(7-9)13(12)15(18)19/h8-13H,2-7H2,1H3,(H,16,17)(H,18,19)/p-1/t8-,9+,10-,11+,12+,13-/m0/s1. The van der Waals surface area contributed by atoms with Crippen molar-refractivity contribution in [2.24, 2.45) is 23.7 Å². The summed E-state index contributed by atoms with van der Waals surface area (Å²) in [6, 6.07) is -0.0495. The molecule has 0 aromatic rings. The summed E-state index contributed by atoms with van der Waals surface area (Å²) in [5.41, 5.74) is 0. The molecule has 5 heteroatoms. The van der Waals surface area contributed by atoms with Gasteiger partial charge in [0.1, 0.15) is 0 Å². The Morgan fingerprint density at radius 3 is 2.50 bits per heavy atom. The molecular formula is C15H22NO4-. The zero-order valence-corrected chi connectivity index (χ0v) is 11.8. The zero-order valence-electron chi connectivity index (χ0n) is 11.8. The maximum Gasteiger partial charge on any atom is 0.224 e. The van der Waals surface area contributed by atoms with Crippen molar-refractivity contribution >= 4 is 11.9 Å². The second-order valence-electron chi connectivity index (χ2n) is 6.55. The zero-order chi connectivity index (χ0) is 14.3. The molecule has 1 saturated heterocycles. The Morgan fingerprint density at radius 1 is 1.20 bits per heavy atom. The average molecular weight is 280 g/mol. The average Bonchev–Trinajstić information content (AvgIpc) is 3.13. The molecule has 1 aliphatic heterocycles. The molecule has 0 unspecified atom stereocenters. The summed E-state index contributed by atoms with van der Waals surface area (Å²) in [4.78, 5) is 23.8. The molecule has 112 valence electrons. The normalized spacial score (nSPS) is 40.8. The topological polar surface area (TPSA) is 78.5 Å². The quantitative estimate of drug-likeness (QED) is 0.791. The summed E-state index contributed by atoms with van der Waals surface area (Å²) in [6.45, 7) is 2.69. The Hall–Kier alpha value is -1.10. The molecule has 0 aromatic carbocycles. The van der Waals surface area contributed by atoms with E-state index in [1.165, 1.54) is 0 Å². The number of ether oxygens (including phenoxy) is 1. The second kappa shape index (κ2) is 5.35. The number of carbonyl (C=O) groups excluding carboxylic acids is 2. The minimum absolute atomic E-state index is 0.0495. The Labute approximate surface area is 119 Å². The molecule has 2 aliphatic carbocycles. The van der Waals surface area contributed by atoms with Crippen LogP contribution in [0.3, 0.4) is 0 Å². The smallest absolute Gasteiger partial charge is 0.224 e. The number of carbonyl (C=O) groups is 2. The third kappa shape index (κ3) is 2.32. The first-order valence-corrected chi connectivity index (χ1v) is 7.70. The number of rotatable bonds is 4. The number of aliphatic carboxylic acids is 1. The Kier molecular flexibility index (Phi) is 3.71. The summed E-state index contributed by atoms with van der Waals surface area (Å²) < 4.78 is 5.57. The van der Waals surface area contributed by atoms with Crippen molar-refractivity contribution < 1.29 is 19.4 Å². The van der Waals surface area contributed by atoms with E-state index in [0.717, 1.165) is 38.7 Å². The van der Waals surface area contributed by atoms with Crippen molar-refractivity contribution in [3.05, 3.63) is 0 Å². The van der Waals surface area contributed by atoms with Crippen molar-refractivity contribution in [3.63, 3.8) is 0 Å². The molecule has 1 N–H and O–H groups in total. The van der Waals surface area contributed by atoms with E-state index in [9.17, 15) is 14.7 Å². The lowest BCUT2D eigenvalue weighted by atomic mass is 9.78. The molecule has 0 radical (unpaired) electrons. The number of fused-ring (bicyclic) bond motifs is 2. The Bertz CT molecular complexity index is 405. The Morgan fingerprint density at radius 2 is 1.90 bits per heavy atom. The van der Waals surface area contributed by atoms with Gasteiger partial charge in [-0.1, -0.05) is 0 Å². The Balaban J connectivity index is 1.65. The van der Waals surface area contributed by atoms with Gasteiger partial charge in [0.15, 0.2) is 0 Å².